The fraction of sp³-hybridized carbons (Fsp3) is 0. The van der Waals surface area contributed by atoms with Crippen LogP contribution in [0.5, 0.6) is 0 Å². The summed E-state index contributed by atoms with van der Waals surface area (Å²) in [7, 11) is 0. The van der Waals surface area contributed by atoms with Crippen molar-refractivity contribution in [2.24, 2.45) is 0 Å². The SMILES string of the molecule is c1cncc(-c2ccc(-c3cc4ccc5cccc6c7cccc8ccc9cccc(c(c3)c4c56)c9c87)cn2)c1. The van der Waals surface area contributed by atoms with Crippen LogP contribution in [0.1, 0.15) is 0 Å². The van der Waals surface area contributed by atoms with E-state index in [9.17, 15) is 0 Å². The predicted molar refractivity (Wildman–Crippen MR) is 169 cm³/mol. The topological polar surface area (TPSA) is 25.8 Å². The molecule has 0 aliphatic rings. The maximum Gasteiger partial charge on any atom is 0.0717 e. The van der Waals surface area contributed by atoms with Crippen LogP contribution in [0, 0.1) is 0 Å². The van der Waals surface area contributed by atoms with E-state index in [-0.39, 0.29) is 0 Å². The lowest BCUT2D eigenvalue weighted by atomic mass is 9.86. The molecule has 0 saturated heterocycles. The molecule has 2 nitrogen and oxygen atoms in total. The average Bonchev–Trinajstić information content (AvgIpc) is 3.03. The Hall–Kier alpha value is -5.34. The lowest BCUT2D eigenvalue weighted by molar-refractivity contribution is 1.28. The van der Waals surface area contributed by atoms with Crippen molar-refractivity contribution in [2.45, 2.75) is 0 Å². The molecule has 9 aromatic rings. The van der Waals surface area contributed by atoms with Crippen molar-refractivity contribution in [3.8, 4) is 22.4 Å². The first-order valence-corrected chi connectivity index (χ1v) is 13.6. The summed E-state index contributed by atoms with van der Waals surface area (Å²) in [4.78, 5) is 9.07. The van der Waals surface area contributed by atoms with E-state index < -0.39 is 0 Å². The summed E-state index contributed by atoms with van der Waals surface area (Å²) in [5.41, 5.74) is 4.22. The van der Waals surface area contributed by atoms with Gasteiger partial charge in [-0.3, -0.25) is 9.97 Å². The lowest BCUT2D eigenvalue weighted by Gasteiger charge is -2.17. The number of aromatic nitrogens is 2. The van der Waals surface area contributed by atoms with Crippen molar-refractivity contribution in [2.75, 3.05) is 0 Å². The Morgan fingerprint density at radius 3 is 1.55 bits per heavy atom. The molecule has 0 saturated carbocycles. The van der Waals surface area contributed by atoms with Gasteiger partial charge in [0, 0.05) is 29.7 Å². The van der Waals surface area contributed by atoms with Crippen LogP contribution in [0.4, 0.5) is 0 Å². The molecule has 0 N–H and O–H groups in total. The van der Waals surface area contributed by atoms with Gasteiger partial charge in [-0.25, -0.2) is 0 Å². The van der Waals surface area contributed by atoms with Crippen LogP contribution in [0.25, 0.3) is 87.0 Å². The Labute approximate surface area is 230 Å². The van der Waals surface area contributed by atoms with E-state index in [2.05, 4.69) is 108 Å². The highest BCUT2D eigenvalue weighted by atomic mass is 14.7. The van der Waals surface area contributed by atoms with Gasteiger partial charge in [0.25, 0.3) is 0 Å². The second-order valence-electron chi connectivity index (χ2n) is 10.6. The van der Waals surface area contributed by atoms with Crippen LogP contribution in [-0.4, -0.2) is 9.97 Å². The maximum absolute atomic E-state index is 4.82. The number of nitrogens with zero attached hydrogens (tertiary/aromatic N) is 2. The van der Waals surface area contributed by atoms with Gasteiger partial charge in [0.15, 0.2) is 0 Å². The van der Waals surface area contributed by atoms with Crippen molar-refractivity contribution < 1.29 is 0 Å². The van der Waals surface area contributed by atoms with E-state index in [4.69, 9.17) is 4.98 Å². The monoisotopic (exact) mass is 506 g/mol. The molecular weight excluding hydrogens is 484 g/mol. The molecular formula is C38H22N2. The predicted octanol–water partition coefficient (Wildman–Crippen LogP) is 10.2. The van der Waals surface area contributed by atoms with Gasteiger partial charge in [0.2, 0.25) is 0 Å². The van der Waals surface area contributed by atoms with Gasteiger partial charge in [0.05, 0.1) is 5.69 Å². The van der Waals surface area contributed by atoms with E-state index in [0.29, 0.717) is 0 Å². The number of hydrogen-bond donors (Lipinski definition) is 0. The number of benzene rings is 6. The van der Waals surface area contributed by atoms with Crippen LogP contribution in [-0.2, 0) is 0 Å². The third-order valence-corrected chi connectivity index (χ3v) is 8.48. The Balaban J connectivity index is 1.46. The van der Waals surface area contributed by atoms with Crippen LogP contribution >= 0.6 is 0 Å². The minimum Gasteiger partial charge on any atom is -0.264 e. The Kier molecular flexibility index (Phi) is 4.36. The first-order valence-electron chi connectivity index (χ1n) is 13.6. The molecule has 0 atom stereocenters. The summed E-state index contributed by atoms with van der Waals surface area (Å²) in [6, 6.07) is 42.2. The van der Waals surface area contributed by atoms with Gasteiger partial charge in [-0.2, -0.15) is 0 Å². The quantitative estimate of drug-likeness (QED) is 0.218. The summed E-state index contributed by atoms with van der Waals surface area (Å²) in [6.45, 7) is 0. The zero-order valence-electron chi connectivity index (χ0n) is 21.6. The van der Waals surface area contributed by atoms with Gasteiger partial charge >= 0.3 is 0 Å². The van der Waals surface area contributed by atoms with Gasteiger partial charge in [0.1, 0.15) is 0 Å². The fourth-order valence-corrected chi connectivity index (χ4v) is 6.70. The number of hydrogen-bond acceptors (Lipinski definition) is 2. The Morgan fingerprint density at radius 2 is 0.975 bits per heavy atom. The normalized spacial score (nSPS) is 12.0. The smallest absolute Gasteiger partial charge is 0.0717 e. The van der Waals surface area contributed by atoms with Crippen LogP contribution < -0.4 is 0 Å². The van der Waals surface area contributed by atoms with Crippen molar-refractivity contribution >= 4 is 64.6 Å². The second-order valence-corrected chi connectivity index (χ2v) is 10.6. The van der Waals surface area contributed by atoms with Gasteiger partial charge in [-0.15, -0.1) is 0 Å². The second kappa shape index (κ2) is 8.08. The van der Waals surface area contributed by atoms with Crippen molar-refractivity contribution in [3.05, 3.63) is 134 Å². The summed E-state index contributed by atoms with van der Waals surface area (Å²) >= 11 is 0. The molecule has 0 unspecified atom stereocenters. The molecule has 2 aromatic heterocycles. The van der Waals surface area contributed by atoms with E-state index in [0.717, 1.165) is 16.8 Å². The first-order chi connectivity index (χ1) is 19.8. The average molecular weight is 507 g/mol. The lowest BCUT2D eigenvalue weighted by Crippen LogP contribution is -1.90. The van der Waals surface area contributed by atoms with Gasteiger partial charge < -0.3 is 0 Å². The zero-order valence-corrected chi connectivity index (χ0v) is 21.6. The summed E-state index contributed by atoms with van der Waals surface area (Å²) in [6.07, 6.45) is 5.64. The first kappa shape index (κ1) is 21.6. The molecule has 0 spiro atoms. The van der Waals surface area contributed by atoms with Crippen molar-refractivity contribution in [3.63, 3.8) is 0 Å². The molecule has 2 heteroatoms. The minimum absolute atomic E-state index is 0.927. The highest BCUT2D eigenvalue weighted by Crippen LogP contribution is 2.44. The third kappa shape index (κ3) is 2.99. The highest BCUT2D eigenvalue weighted by molar-refractivity contribution is 6.37. The largest absolute Gasteiger partial charge is 0.264 e. The van der Waals surface area contributed by atoms with Crippen LogP contribution in [0.15, 0.2) is 134 Å². The summed E-state index contributed by atoms with van der Waals surface area (Å²) in [5.74, 6) is 0. The molecule has 0 fully saturated rings. The minimum atomic E-state index is 0.927. The number of rotatable bonds is 2. The molecule has 0 aliphatic carbocycles. The molecule has 7 aromatic carbocycles. The Bertz CT molecular complexity index is 2400. The molecule has 0 amide bonds. The van der Waals surface area contributed by atoms with Crippen LogP contribution in [0.3, 0.4) is 0 Å². The summed E-state index contributed by atoms with van der Waals surface area (Å²) < 4.78 is 0. The Morgan fingerprint density at radius 1 is 0.375 bits per heavy atom. The van der Waals surface area contributed by atoms with E-state index in [1.54, 1.807) is 6.20 Å². The van der Waals surface area contributed by atoms with Gasteiger partial charge in [-0.05, 0) is 101 Å². The standard InChI is InChI=1S/C38H22N2/c1-5-23-12-13-24-7-3-11-32-33-20-29(27-16-17-34(40-22-27)28-8-4-18-39-21-28)19-26-15-14-25-6-2-10-31(36(25)38(26)33)30(9-1)35(23)37(24)32/h1-22H. The van der Waals surface area contributed by atoms with E-state index >= 15 is 0 Å². The maximum atomic E-state index is 4.82. The van der Waals surface area contributed by atoms with E-state index in [1.165, 1.54) is 70.2 Å². The number of pyridine rings is 2. The molecule has 9 rings (SSSR count). The van der Waals surface area contributed by atoms with Gasteiger partial charge in [-0.1, -0.05) is 84.9 Å². The van der Waals surface area contributed by atoms with Crippen molar-refractivity contribution in [1.82, 2.24) is 9.97 Å². The fourth-order valence-electron chi connectivity index (χ4n) is 6.70. The molecule has 2 heterocycles. The molecule has 0 bridgehead atoms. The summed E-state index contributed by atoms with van der Waals surface area (Å²) in [5, 5.41) is 15.5. The molecule has 184 valence electrons. The van der Waals surface area contributed by atoms with Crippen molar-refractivity contribution in [1.29, 1.82) is 0 Å². The highest BCUT2D eigenvalue weighted by Gasteiger charge is 2.16. The van der Waals surface area contributed by atoms with Crippen LogP contribution in [0.2, 0.25) is 0 Å². The third-order valence-electron chi connectivity index (χ3n) is 8.48. The zero-order chi connectivity index (χ0) is 26.2. The molecule has 0 aliphatic heterocycles. The van der Waals surface area contributed by atoms with E-state index in [1.807, 2.05) is 24.5 Å². The molecule has 0 radical (unpaired) electrons. The number of fused-ring (bicyclic) bond motifs is 2. The molecule has 40 heavy (non-hydrogen) atoms.